The molecule has 0 spiro atoms. The Morgan fingerprint density at radius 3 is 2.76 bits per heavy atom. The van der Waals surface area contributed by atoms with Crippen molar-refractivity contribution < 1.29 is 4.39 Å². The Labute approximate surface area is 99.2 Å². The van der Waals surface area contributed by atoms with Crippen LogP contribution in [0.2, 0.25) is 0 Å². The van der Waals surface area contributed by atoms with Gasteiger partial charge in [0.05, 0.1) is 24.3 Å². The summed E-state index contributed by atoms with van der Waals surface area (Å²) in [4.78, 5) is 4.05. The first-order valence-electron chi connectivity index (χ1n) is 5.32. The van der Waals surface area contributed by atoms with Crippen LogP contribution in [0.5, 0.6) is 0 Å². The van der Waals surface area contributed by atoms with Crippen molar-refractivity contribution >= 4 is 0 Å². The summed E-state index contributed by atoms with van der Waals surface area (Å²) < 4.78 is 15.1. The number of nitrogens with two attached hydrogens (primary N) is 1. The number of hydrogen-bond donors (Lipinski definition) is 2. The fraction of sp³-hybridized carbons (Fsp3) is 0.250. The molecule has 1 heterocycles. The first kappa shape index (κ1) is 11.8. The van der Waals surface area contributed by atoms with E-state index in [1.165, 1.54) is 6.07 Å². The van der Waals surface area contributed by atoms with E-state index in [4.69, 9.17) is 5.84 Å². The molecule has 0 radical (unpaired) electrons. The van der Waals surface area contributed by atoms with E-state index in [0.29, 0.717) is 5.56 Å². The number of rotatable bonds is 3. The molecule has 1 atom stereocenters. The van der Waals surface area contributed by atoms with E-state index < -0.39 is 0 Å². The van der Waals surface area contributed by atoms with E-state index in [9.17, 15) is 4.39 Å². The van der Waals surface area contributed by atoms with Gasteiger partial charge in [0.1, 0.15) is 5.82 Å². The second-order valence-electron chi connectivity index (χ2n) is 4.04. The maximum Gasteiger partial charge on any atom is 0.126 e. The molecule has 2 rings (SSSR count). The van der Waals surface area contributed by atoms with Gasteiger partial charge in [-0.1, -0.05) is 12.1 Å². The van der Waals surface area contributed by atoms with Crippen LogP contribution in [0, 0.1) is 12.7 Å². The zero-order valence-electron chi connectivity index (χ0n) is 9.81. The quantitative estimate of drug-likeness (QED) is 0.624. The highest BCUT2D eigenvalue weighted by atomic mass is 19.1. The third kappa shape index (κ3) is 2.20. The minimum atomic E-state index is -0.213. The average Bonchev–Trinajstić information content (AvgIpc) is 2.71. The fourth-order valence-corrected chi connectivity index (χ4v) is 1.85. The standard InChI is InChI=1S/C12H15FN4/c1-8-5-9(3-4-10(8)13)12(16-14)11-6-15-7-17(11)2/h3-7,12,16H,14H2,1-2H3. The molecule has 0 amide bonds. The van der Waals surface area contributed by atoms with E-state index in [0.717, 1.165) is 11.3 Å². The van der Waals surface area contributed by atoms with Crippen molar-refractivity contribution in [3.05, 3.63) is 53.4 Å². The van der Waals surface area contributed by atoms with Crippen LogP contribution < -0.4 is 11.3 Å². The van der Waals surface area contributed by atoms with Crippen molar-refractivity contribution in [1.29, 1.82) is 0 Å². The molecule has 0 aliphatic carbocycles. The molecule has 17 heavy (non-hydrogen) atoms. The summed E-state index contributed by atoms with van der Waals surface area (Å²) in [5.41, 5.74) is 5.17. The Morgan fingerprint density at radius 1 is 1.47 bits per heavy atom. The number of nitrogens with zero attached hydrogens (tertiary/aromatic N) is 2. The fourth-order valence-electron chi connectivity index (χ4n) is 1.85. The SMILES string of the molecule is Cc1cc(C(NN)c2cncn2C)ccc1F. The van der Waals surface area contributed by atoms with Crippen molar-refractivity contribution in [2.24, 2.45) is 12.9 Å². The average molecular weight is 234 g/mol. The maximum atomic E-state index is 13.2. The van der Waals surface area contributed by atoms with Gasteiger partial charge >= 0.3 is 0 Å². The van der Waals surface area contributed by atoms with Crippen LogP contribution in [-0.2, 0) is 7.05 Å². The highest BCUT2D eigenvalue weighted by molar-refractivity contribution is 5.31. The normalized spacial score (nSPS) is 12.7. The van der Waals surface area contributed by atoms with Crippen molar-refractivity contribution in [3.8, 4) is 0 Å². The van der Waals surface area contributed by atoms with E-state index in [1.807, 2.05) is 11.6 Å². The van der Waals surface area contributed by atoms with Crippen LogP contribution in [0.4, 0.5) is 4.39 Å². The molecular weight excluding hydrogens is 219 g/mol. The Balaban J connectivity index is 2.42. The van der Waals surface area contributed by atoms with Crippen LogP contribution in [0.15, 0.2) is 30.7 Å². The molecule has 0 saturated carbocycles. The highest BCUT2D eigenvalue weighted by Gasteiger charge is 2.16. The van der Waals surface area contributed by atoms with Crippen molar-refractivity contribution in [3.63, 3.8) is 0 Å². The van der Waals surface area contributed by atoms with Crippen LogP contribution in [0.3, 0.4) is 0 Å². The van der Waals surface area contributed by atoms with E-state index in [1.54, 1.807) is 31.6 Å². The number of aromatic nitrogens is 2. The molecule has 0 fully saturated rings. The molecule has 2 aromatic rings. The minimum absolute atomic E-state index is 0.193. The highest BCUT2D eigenvalue weighted by Crippen LogP contribution is 2.22. The molecule has 0 bridgehead atoms. The topological polar surface area (TPSA) is 55.9 Å². The number of imidazole rings is 1. The van der Waals surface area contributed by atoms with Crippen molar-refractivity contribution in [2.75, 3.05) is 0 Å². The van der Waals surface area contributed by atoms with E-state index >= 15 is 0 Å². The zero-order valence-corrected chi connectivity index (χ0v) is 9.81. The van der Waals surface area contributed by atoms with Gasteiger partial charge in [-0.15, -0.1) is 0 Å². The Bertz CT molecular complexity index is 521. The lowest BCUT2D eigenvalue weighted by Gasteiger charge is -2.17. The monoisotopic (exact) mass is 234 g/mol. The van der Waals surface area contributed by atoms with Gasteiger partial charge < -0.3 is 4.57 Å². The smallest absolute Gasteiger partial charge is 0.126 e. The molecular formula is C12H15FN4. The summed E-state index contributed by atoms with van der Waals surface area (Å²) in [6.45, 7) is 1.73. The van der Waals surface area contributed by atoms with Gasteiger partial charge in [-0.3, -0.25) is 5.84 Å². The summed E-state index contributed by atoms with van der Waals surface area (Å²) in [6.07, 6.45) is 3.44. The summed E-state index contributed by atoms with van der Waals surface area (Å²) in [7, 11) is 1.89. The van der Waals surface area contributed by atoms with Crippen LogP contribution in [-0.4, -0.2) is 9.55 Å². The van der Waals surface area contributed by atoms with E-state index in [-0.39, 0.29) is 11.9 Å². The first-order valence-corrected chi connectivity index (χ1v) is 5.32. The molecule has 5 heteroatoms. The van der Waals surface area contributed by atoms with E-state index in [2.05, 4.69) is 10.4 Å². The second-order valence-corrected chi connectivity index (χ2v) is 4.04. The Morgan fingerprint density at radius 2 is 2.24 bits per heavy atom. The van der Waals surface area contributed by atoms with Gasteiger partial charge in [0, 0.05) is 7.05 Å². The number of hydrazine groups is 1. The van der Waals surface area contributed by atoms with Crippen LogP contribution >= 0.6 is 0 Å². The molecule has 3 N–H and O–H groups in total. The van der Waals surface area contributed by atoms with Gasteiger partial charge in [0.2, 0.25) is 0 Å². The third-order valence-corrected chi connectivity index (χ3v) is 2.83. The lowest BCUT2D eigenvalue weighted by molar-refractivity contribution is 0.588. The lowest BCUT2D eigenvalue weighted by atomic mass is 10.0. The Kier molecular flexibility index (Phi) is 3.21. The number of aryl methyl sites for hydroxylation is 2. The number of halogens is 1. The number of nitrogens with one attached hydrogen (secondary N) is 1. The largest absolute Gasteiger partial charge is 0.336 e. The molecule has 0 aliphatic heterocycles. The third-order valence-electron chi connectivity index (χ3n) is 2.83. The summed E-state index contributed by atoms with van der Waals surface area (Å²) in [5.74, 6) is 5.35. The van der Waals surface area contributed by atoms with Crippen LogP contribution in [0.1, 0.15) is 22.9 Å². The first-order chi connectivity index (χ1) is 8.13. The maximum absolute atomic E-state index is 13.2. The summed E-state index contributed by atoms with van der Waals surface area (Å²) >= 11 is 0. The molecule has 1 aromatic heterocycles. The van der Waals surface area contributed by atoms with Gasteiger partial charge in [0.25, 0.3) is 0 Å². The van der Waals surface area contributed by atoms with Crippen molar-refractivity contribution in [1.82, 2.24) is 15.0 Å². The second kappa shape index (κ2) is 4.65. The minimum Gasteiger partial charge on any atom is -0.336 e. The predicted octanol–water partition coefficient (Wildman–Crippen LogP) is 1.42. The van der Waals surface area contributed by atoms with Gasteiger partial charge in [-0.25, -0.2) is 14.8 Å². The predicted molar refractivity (Wildman–Crippen MR) is 63.5 cm³/mol. The number of benzene rings is 1. The summed E-state index contributed by atoms with van der Waals surface area (Å²) in [6, 6.07) is 4.76. The van der Waals surface area contributed by atoms with Gasteiger partial charge in [-0.05, 0) is 24.1 Å². The van der Waals surface area contributed by atoms with Gasteiger partial charge in [0.15, 0.2) is 0 Å². The molecule has 4 nitrogen and oxygen atoms in total. The number of hydrogen-bond acceptors (Lipinski definition) is 3. The van der Waals surface area contributed by atoms with Crippen molar-refractivity contribution in [2.45, 2.75) is 13.0 Å². The molecule has 90 valence electrons. The lowest BCUT2D eigenvalue weighted by Crippen LogP contribution is -2.30. The molecule has 0 aliphatic rings. The zero-order chi connectivity index (χ0) is 12.4. The Hall–Kier alpha value is -1.72. The molecule has 1 aromatic carbocycles. The summed E-state index contributed by atoms with van der Waals surface area (Å²) in [5, 5.41) is 0. The van der Waals surface area contributed by atoms with Crippen LogP contribution in [0.25, 0.3) is 0 Å². The van der Waals surface area contributed by atoms with Gasteiger partial charge in [-0.2, -0.15) is 0 Å². The molecule has 0 saturated heterocycles. The molecule has 1 unspecified atom stereocenters.